The van der Waals surface area contributed by atoms with Crippen molar-refractivity contribution in [2.45, 2.75) is 45.2 Å². The molecule has 2 amide bonds. The molecule has 1 N–H and O–H groups in total. The molecule has 2 fully saturated rings. The van der Waals surface area contributed by atoms with Gasteiger partial charge in [0.1, 0.15) is 11.3 Å². The van der Waals surface area contributed by atoms with Crippen LogP contribution in [0.1, 0.15) is 37.8 Å². The Morgan fingerprint density at radius 1 is 1.50 bits per heavy atom. The summed E-state index contributed by atoms with van der Waals surface area (Å²) in [5.74, 6) is 1.41. The van der Waals surface area contributed by atoms with Crippen LogP contribution in [0.25, 0.3) is 0 Å². The third-order valence-corrected chi connectivity index (χ3v) is 4.13. The molecule has 1 aliphatic heterocycles. The summed E-state index contributed by atoms with van der Waals surface area (Å²) in [6, 6.07) is 0. The van der Waals surface area contributed by atoms with Crippen LogP contribution in [0.2, 0.25) is 0 Å². The van der Waals surface area contributed by atoms with E-state index >= 15 is 0 Å². The van der Waals surface area contributed by atoms with Gasteiger partial charge in [-0.15, -0.1) is 0 Å². The first-order valence-electron chi connectivity index (χ1n) is 7.01. The van der Waals surface area contributed by atoms with Crippen molar-refractivity contribution >= 4 is 11.8 Å². The van der Waals surface area contributed by atoms with E-state index in [2.05, 4.69) is 10.3 Å². The van der Waals surface area contributed by atoms with Crippen LogP contribution in [-0.4, -0.2) is 33.8 Å². The van der Waals surface area contributed by atoms with Gasteiger partial charge in [-0.05, 0) is 32.6 Å². The van der Waals surface area contributed by atoms with Crippen LogP contribution in [0.15, 0.2) is 10.6 Å². The number of aryl methyl sites for hydroxylation is 1. The standard InChI is InChI=1S/C14H19N3O3/c1-9-7-15-12(20-9)8-17-6-5-11(18)16-14(2,13(17)19)10-3-4-10/h7,10H,3-6,8H2,1-2H3,(H,16,18). The van der Waals surface area contributed by atoms with Gasteiger partial charge >= 0.3 is 0 Å². The monoisotopic (exact) mass is 277 g/mol. The highest BCUT2D eigenvalue weighted by Crippen LogP contribution is 2.41. The predicted octanol–water partition coefficient (Wildman–Crippen LogP) is 1.00. The Kier molecular flexibility index (Phi) is 3.03. The van der Waals surface area contributed by atoms with Crippen LogP contribution >= 0.6 is 0 Å². The first-order chi connectivity index (χ1) is 9.49. The summed E-state index contributed by atoms with van der Waals surface area (Å²) in [6.07, 6.45) is 3.96. The molecule has 0 aromatic carbocycles. The minimum absolute atomic E-state index is 0.0262. The molecule has 2 aliphatic rings. The Balaban J connectivity index is 1.82. The Morgan fingerprint density at radius 2 is 2.25 bits per heavy atom. The second-order valence-corrected chi connectivity index (χ2v) is 5.87. The maximum atomic E-state index is 12.7. The van der Waals surface area contributed by atoms with E-state index in [0.717, 1.165) is 18.6 Å². The SMILES string of the molecule is Cc1cnc(CN2CCC(=O)NC(C)(C3CC3)C2=O)o1. The van der Waals surface area contributed by atoms with Gasteiger partial charge in [-0.3, -0.25) is 9.59 Å². The van der Waals surface area contributed by atoms with Gasteiger partial charge in [0.2, 0.25) is 17.7 Å². The summed E-state index contributed by atoms with van der Waals surface area (Å²) in [6.45, 7) is 4.39. The molecule has 108 valence electrons. The van der Waals surface area contributed by atoms with Crippen molar-refractivity contribution < 1.29 is 14.0 Å². The van der Waals surface area contributed by atoms with Crippen molar-refractivity contribution in [1.29, 1.82) is 0 Å². The molecule has 20 heavy (non-hydrogen) atoms. The van der Waals surface area contributed by atoms with Gasteiger partial charge < -0.3 is 14.6 Å². The van der Waals surface area contributed by atoms with Crippen LogP contribution in [0, 0.1) is 12.8 Å². The number of amides is 2. The highest BCUT2D eigenvalue weighted by Gasteiger charge is 2.51. The molecule has 1 aliphatic carbocycles. The van der Waals surface area contributed by atoms with E-state index in [9.17, 15) is 9.59 Å². The largest absolute Gasteiger partial charge is 0.444 e. The summed E-state index contributed by atoms with van der Waals surface area (Å²) >= 11 is 0. The van der Waals surface area contributed by atoms with E-state index in [1.165, 1.54) is 0 Å². The number of hydrogen-bond acceptors (Lipinski definition) is 4. The molecule has 0 spiro atoms. The van der Waals surface area contributed by atoms with Gasteiger partial charge in [0.05, 0.1) is 12.7 Å². The minimum atomic E-state index is -0.769. The summed E-state index contributed by atoms with van der Waals surface area (Å²) < 4.78 is 5.44. The topological polar surface area (TPSA) is 75.4 Å². The average molecular weight is 277 g/mol. The average Bonchev–Trinajstić information content (AvgIpc) is 3.18. The molecule has 2 heterocycles. The molecular formula is C14H19N3O3. The lowest BCUT2D eigenvalue weighted by Crippen LogP contribution is -2.56. The smallest absolute Gasteiger partial charge is 0.248 e. The van der Waals surface area contributed by atoms with Crippen LogP contribution < -0.4 is 5.32 Å². The van der Waals surface area contributed by atoms with Crippen molar-refractivity contribution in [1.82, 2.24) is 15.2 Å². The zero-order valence-electron chi connectivity index (χ0n) is 11.8. The maximum Gasteiger partial charge on any atom is 0.248 e. The molecule has 0 radical (unpaired) electrons. The lowest BCUT2D eigenvalue weighted by Gasteiger charge is -2.31. The summed E-state index contributed by atoms with van der Waals surface area (Å²) in [5, 5.41) is 2.91. The fraction of sp³-hybridized carbons (Fsp3) is 0.643. The zero-order chi connectivity index (χ0) is 14.3. The highest BCUT2D eigenvalue weighted by atomic mass is 16.4. The van der Waals surface area contributed by atoms with E-state index in [1.807, 2.05) is 13.8 Å². The number of nitrogens with one attached hydrogen (secondary N) is 1. The molecular weight excluding hydrogens is 258 g/mol. The Hall–Kier alpha value is -1.85. The molecule has 1 aromatic rings. The number of carbonyl (C=O) groups is 2. The molecule has 6 heteroatoms. The van der Waals surface area contributed by atoms with Gasteiger partial charge in [-0.25, -0.2) is 4.98 Å². The first kappa shape index (κ1) is 13.1. The van der Waals surface area contributed by atoms with E-state index in [4.69, 9.17) is 4.42 Å². The van der Waals surface area contributed by atoms with Crippen LogP contribution in [0.5, 0.6) is 0 Å². The second kappa shape index (κ2) is 4.61. The second-order valence-electron chi connectivity index (χ2n) is 5.87. The van der Waals surface area contributed by atoms with Crippen molar-refractivity contribution in [2.75, 3.05) is 6.54 Å². The van der Waals surface area contributed by atoms with E-state index < -0.39 is 5.54 Å². The molecule has 6 nitrogen and oxygen atoms in total. The number of oxazole rings is 1. The van der Waals surface area contributed by atoms with Gasteiger partial charge in [0, 0.05) is 13.0 Å². The van der Waals surface area contributed by atoms with Gasteiger partial charge in [0.15, 0.2) is 0 Å². The summed E-state index contributed by atoms with van der Waals surface area (Å²) in [7, 11) is 0. The summed E-state index contributed by atoms with van der Waals surface area (Å²) in [5.41, 5.74) is -0.769. The molecule has 1 saturated heterocycles. The fourth-order valence-corrected chi connectivity index (χ4v) is 2.80. The number of hydrogen-bond donors (Lipinski definition) is 1. The van der Waals surface area contributed by atoms with E-state index in [-0.39, 0.29) is 17.7 Å². The molecule has 1 saturated carbocycles. The lowest BCUT2D eigenvalue weighted by molar-refractivity contribution is -0.139. The Bertz CT molecular complexity index is 550. The van der Waals surface area contributed by atoms with Crippen molar-refractivity contribution in [3.63, 3.8) is 0 Å². The third kappa shape index (κ3) is 2.30. The molecule has 3 rings (SSSR count). The lowest BCUT2D eigenvalue weighted by atomic mass is 9.94. The molecule has 0 bridgehead atoms. The first-order valence-corrected chi connectivity index (χ1v) is 7.01. The number of aromatic nitrogens is 1. The van der Waals surface area contributed by atoms with Crippen LogP contribution in [0.4, 0.5) is 0 Å². The quantitative estimate of drug-likeness (QED) is 0.894. The predicted molar refractivity (Wildman–Crippen MR) is 70.5 cm³/mol. The van der Waals surface area contributed by atoms with Crippen LogP contribution in [0.3, 0.4) is 0 Å². The normalized spacial score (nSPS) is 27.4. The van der Waals surface area contributed by atoms with Gasteiger partial charge in [-0.1, -0.05) is 0 Å². The maximum absolute atomic E-state index is 12.7. The van der Waals surface area contributed by atoms with E-state index in [1.54, 1.807) is 11.1 Å². The van der Waals surface area contributed by atoms with Crippen molar-refractivity contribution in [2.24, 2.45) is 5.92 Å². The Labute approximate surface area is 117 Å². The van der Waals surface area contributed by atoms with Gasteiger partial charge in [-0.2, -0.15) is 0 Å². The fourth-order valence-electron chi connectivity index (χ4n) is 2.80. The number of rotatable bonds is 3. The third-order valence-electron chi connectivity index (χ3n) is 4.13. The Morgan fingerprint density at radius 3 is 2.85 bits per heavy atom. The van der Waals surface area contributed by atoms with Crippen molar-refractivity contribution in [3.8, 4) is 0 Å². The van der Waals surface area contributed by atoms with Crippen LogP contribution in [-0.2, 0) is 16.1 Å². The highest BCUT2D eigenvalue weighted by molar-refractivity contribution is 5.93. The number of nitrogens with zero attached hydrogens (tertiary/aromatic N) is 2. The minimum Gasteiger partial charge on any atom is -0.444 e. The molecule has 1 aromatic heterocycles. The number of carbonyl (C=O) groups excluding carboxylic acids is 2. The van der Waals surface area contributed by atoms with Crippen molar-refractivity contribution in [3.05, 3.63) is 17.8 Å². The zero-order valence-corrected chi connectivity index (χ0v) is 11.8. The molecule has 1 unspecified atom stereocenters. The van der Waals surface area contributed by atoms with E-state index in [0.29, 0.717) is 25.4 Å². The van der Waals surface area contributed by atoms with Gasteiger partial charge in [0.25, 0.3) is 0 Å². The molecule has 1 atom stereocenters. The summed E-state index contributed by atoms with van der Waals surface area (Å²) in [4.78, 5) is 30.4.